The minimum atomic E-state index is 1.26. The highest BCUT2D eigenvalue weighted by molar-refractivity contribution is 5.52. The highest BCUT2D eigenvalue weighted by Crippen LogP contribution is 2.03. The Morgan fingerprint density at radius 3 is 2.85 bits per heavy atom. The van der Waals surface area contributed by atoms with Crippen LogP contribution >= 0.6 is 0 Å². The molecule has 0 N–H and O–H groups in total. The van der Waals surface area contributed by atoms with Gasteiger partial charge in [-0.1, -0.05) is 11.6 Å². The predicted octanol–water partition coefficient (Wildman–Crippen LogP) is 3.00. The zero-order valence-electron chi connectivity index (χ0n) is 9.05. The van der Waals surface area contributed by atoms with Crippen LogP contribution < -0.4 is 0 Å². The third-order valence-electron chi connectivity index (χ3n) is 2.49. The number of nitrogens with zero attached hydrogens (tertiary/aromatic N) is 1. The fraction of sp³-hybridized carbons (Fsp3) is 0.750. The molecule has 0 fully saturated rings. The maximum atomic E-state index is 2.47. The molecule has 1 heterocycles. The van der Waals surface area contributed by atoms with Gasteiger partial charge in [-0.25, -0.2) is 4.58 Å². The fourth-order valence-electron chi connectivity index (χ4n) is 1.71. The summed E-state index contributed by atoms with van der Waals surface area (Å²) in [5.41, 5.74) is 1.45. The number of hydrogen-bond acceptors (Lipinski definition) is 0. The van der Waals surface area contributed by atoms with Gasteiger partial charge in [-0.05, 0) is 26.7 Å². The van der Waals surface area contributed by atoms with E-state index in [1.807, 2.05) is 0 Å². The predicted molar refractivity (Wildman–Crippen MR) is 58.6 cm³/mol. The summed E-state index contributed by atoms with van der Waals surface area (Å²) in [4.78, 5) is 0. The van der Waals surface area contributed by atoms with Crippen molar-refractivity contribution in [2.75, 3.05) is 13.1 Å². The van der Waals surface area contributed by atoms with Gasteiger partial charge >= 0.3 is 0 Å². The molecule has 0 spiro atoms. The maximum absolute atomic E-state index is 2.47. The Morgan fingerprint density at radius 1 is 1.38 bits per heavy atom. The van der Waals surface area contributed by atoms with Gasteiger partial charge in [-0.2, -0.15) is 0 Å². The number of rotatable bonds is 5. The van der Waals surface area contributed by atoms with Crippen LogP contribution in [0.25, 0.3) is 0 Å². The summed E-state index contributed by atoms with van der Waals surface area (Å²) >= 11 is 0. The third kappa shape index (κ3) is 4.87. The van der Waals surface area contributed by atoms with Gasteiger partial charge in [-0.3, -0.25) is 0 Å². The van der Waals surface area contributed by atoms with Crippen molar-refractivity contribution in [1.82, 2.24) is 0 Å². The first-order valence-corrected chi connectivity index (χ1v) is 5.50. The minimum absolute atomic E-state index is 1.26. The molecule has 0 aliphatic carbocycles. The topological polar surface area (TPSA) is 3.01 Å². The SMILES string of the molecule is CC(C)=CCCCC[N+]1=CCCC1. The molecule has 13 heavy (non-hydrogen) atoms. The largest absolute Gasteiger partial charge is 0.240 e. The van der Waals surface area contributed by atoms with E-state index in [0.717, 1.165) is 0 Å². The molecule has 0 saturated heterocycles. The van der Waals surface area contributed by atoms with Crippen molar-refractivity contribution in [2.24, 2.45) is 0 Å². The first kappa shape index (κ1) is 10.5. The Kier molecular flexibility index (Phi) is 4.81. The van der Waals surface area contributed by atoms with E-state index in [4.69, 9.17) is 0 Å². The molecular weight excluding hydrogens is 158 g/mol. The normalized spacial score (nSPS) is 15.7. The van der Waals surface area contributed by atoms with Crippen molar-refractivity contribution in [2.45, 2.75) is 46.0 Å². The molecule has 1 heteroatoms. The molecule has 1 aliphatic rings. The van der Waals surface area contributed by atoms with E-state index in [1.165, 1.54) is 50.8 Å². The van der Waals surface area contributed by atoms with E-state index in [2.05, 4.69) is 30.7 Å². The van der Waals surface area contributed by atoms with Gasteiger partial charge in [0.1, 0.15) is 19.3 Å². The van der Waals surface area contributed by atoms with E-state index in [9.17, 15) is 0 Å². The Bertz CT molecular complexity index is 197. The summed E-state index contributed by atoms with van der Waals surface area (Å²) in [5, 5.41) is 0. The van der Waals surface area contributed by atoms with Gasteiger partial charge in [0.05, 0.1) is 0 Å². The quantitative estimate of drug-likeness (QED) is 0.347. The average molecular weight is 180 g/mol. The fourth-order valence-corrected chi connectivity index (χ4v) is 1.71. The maximum Gasteiger partial charge on any atom is 0.143 e. The zero-order chi connectivity index (χ0) is 9.52. The second kappa shape index (κ2) is 5.95. The van der Waals surface area contributed by atoms with Crippen molar-refractivity contribution in [3.63, 3.8) is 0 Å². The summed E-state index contributed by atoms with van der Waals surface area (Å²) in [6.07, 6.45) is 11.3. The highest BCUT2D eigenvalue weighted by atomic mass is 15.0. The molecular formula is C12H22N+. The standard InChI is InChI=1S/C12H22N/c1-12(2)8-4-3-5-9-13-10-6-7-11-13/h8,10H,3-7,9,11H2,1-2H3/q+1. The monoisotopic (exact) mass is 180 g/mol. The van der Waals surface area contributed by atoms with Gasteiger partial charge in [0, 0.05) is 19.3 Å². The Balaban J connectivity index is 1.98. The van der Waals surface area contributed by atoms with Crippen molar-refractivity contribution < 1.29 is 4.58 Å². The lowest BCUT2D eigenvalue weighted by Crippen LogP contribution is -2.09. The number of allylic oxidation sites excluding steroid dienone is 2. The Morgan fingerprint density at radius 2 is 2.23 bits per heavy atom. The molecule has 0 saturated carbocycles. The molecule has 74 valence electrons. The van der Waals surface area contributed by atoms with Crippen LogP contribution in [-0.4, -0.2) is 23.9 Å². The molecule has 1 aliphatic heterocycles. The Hall–Kier alpha value is -0.590. The smallest absolute Gasteiger partial charge is 0.143 e. The summed E-state index contributed by atoms with van der Waals surface area (Å²) < 4.78 is 2.47. The van der Waals surface area contributed by atoms with Crippen molar-refractivity contribution in [1.29, 1.82) is 0 Å². The van der Waals surface area contributed by atoms with E-state index in [1.54, 1.807) is 0 Å². The number of unbranched alkanes of at least 4 members (excludes halogenated alkanes) is 2. The molecule has 0 aromatic heterocycles. The molecule has 1 rings (SSSR count). The summed E-state index contributed by atoms with van der Waals surface area (Å²) in [7, 11) is 0. The lowest BCUT2D eigenvalue weighted by molar-refractivity contribution is -0.516. The van der Waals surface area contributed by atoms with E-state index in [-0.39, 0.29) is 0 Å². The first-order chi connectivity index (χ1) is 6.29. The molecule has 0 bridgehead atoms. The molecule has 0 aromatic carbocycles. The van der Waals surface area contributed by atoms with Gasteiger partial charge in [0.15, 0.2) is 0 Å². The number of hydrogen-bond donors (Lipinski definition) is 0. The van der Waals surface area contributed by atoms with Crippen molar-refractivity contribution in [3.05, 3.63) is 11.6 Å². The average Bonchev–Trinajstić information content (AvgIpc) is 2.55. The molecule has 0 amide bonds. The van der Waals surface area contributed by atoms with Crippen LogP contribution in [-0.2, 0) is 0 Å². The van der Waals surface area contributed by atoms with Crippen LogP contribution in [0.3, 0.4) is 0 Å². The summed E-state index contributed by atoms with van der Waals surface area (Å²) in [6, 6.07) is 0. The van der Waals surface area contributed by atoms with Crippen LogP contribution in [0, 0.1) is 0 Å². The second-order valence-electron chi connectivity index (χ2n) is 4.14. The van der Waals surface area contributed by atoms with E-state index < -0.39 is 0 Å². The zero-order valence-corrected chi connectivity index (χ0v) is 9.05. The van der Waals surface area contributed by atoms with Crippen LogP contribution in [0.2, 0.25) is 0 Å². The van der Waals surface area contributed by atoms with E-state index >= 15 is 0 Å². The summed E-state index contributed by atoms with van der Waals surface area (Å²) in [5.74, 6) is 0. The van der Waals surface area contributed by atoms with Gasteiger partial charge < -0.3 is 0 Å². The Labute approximate surface area is 82.2 Å². The molecule has 1 nitrogen and oxygen atoms in total. The molecule has 0 radical (unpaired) electrons. The second-order valence-corrected chi connectivity index (χ2v) is 4.14. The lowest BCUT2D eigenvalue weighted by atomic mass is 10.2. The van der Waals surface area contributed by atoms with Crippen LogP contribution in [0.1, 0.15) is 46.0 Å². The molecule has 0 aromatic rings. The van der Waals surface area contributed by atoms with Crippen LogP contribution in [0.5, 0.6) is 0 Å². The minimum Gasteiger partial charge on any atom is -0.240 e. The first-order valence-electron chi connectivity index (χ1n) is 5.50. The van der Waals surface area contributed by atoms with Crippen molar-refractivity contribution >= 4 is 6.21 Å². The van der Waals surface area contributed by atoms with E-state index in [0.29, 0.717) is 0 Å². The van der Waals surface area contributed by atoms with Crippen LogP contribution in [0.4, 0.5) is 0 Å². The lowest BCUT2D eigenvalue weighted by Gasteiger charge is -1.97. The molecule has 0 unspecified atom stereocenters. The van der Waals surface area contributed by atoms with Crippen molar-refractivity contribution in [3.8, 4) is 0 Å². The van der Waals surface area contributed by atoms with Gasteiger partial charge in [-0.15, -0.1) is 0 Å². The van der Waals surface area contributed by atoms with Crippen LogP contribution in [0.15, 0.2) is 11.6 Å². The van der Waals surface area contributed by atoms with Gasteiger partial charge in [0.25, 0.3) is 0 Å². The molecule has 0 atom stereocenters. The third-order valence-corrected chi connectivity index (χ3v) is 2.49. The summed E-state index contributed by atoms with van der Waals surface area (Å²) in [6.45, 7) is 6.92. The highest BCUT2D eigenvalue weighted by Gasteiger charge is 2.08. The van der Waals surface area contributed by atoms with Gasteiger partial charge in [0.2, 0.25) is 0 Å².